The van der Waals surface area contributed by atoms with Crippen LogP contribution in [0.5, 0.6) is 5.75 Å². The van der Waals surface area contributed by atoms with E-state index in [-0.39, 0.29) is 11.3 Å². The number of anilines is 1. The number of nitrogens with zero attached hydrogens (tertiary/aromatic N) is 1. The first-order valence-corrected chi connectivity index (χ1v) is 10.1. The number of piperidine rings is 1. The van der Waals surface area contributed by atoms with Gasteiger partial charge in [-0.25, -0.2) is 4.39 Å². The number of hydrogen-bond donors (Lipinski definition) is 2. The SMILES string of the molecule is OC(Nc1ccc(C(F)(F)F)c(F)c1)N1CCC2(CCc3cccc(Cl)c3O2)CC1. The number of hydrogen-bond acceptors (Lipinski definition) is 4. The Labute approximate surface area is 176 Å². The predicted molar refractivity (Wildman–Crippen MR) is 105 cm³/mol. The number of benzene rings is 2. The minimum atomic E-state index is -4.76. The molecule has 0 aromatic heterocycles. The van der Waals surface area contributed by atoms with Crippen molar-refractivity contribution in [3.8, 4) is 5.75 Å². The number of halogens is 5. The van der Waals surface area contributed by atoms with Gasteiger partial charge in [0.25, 0.3) is 0 Å². The zero-order valence-electron chi connectivity index (χ0n) is 16.0. The maximum Gasteiger partial charge on any atom is 0.419 e. The zero-order valence-corrected chi connectivity index (χ0v) is 16.7. The molecule has 2 N–H and O–H groups in total. The van der Waals surface area contributed by atoms with Gasteiger partial charge < -0.3 is 15.2 Å². The van der Waals surface area contributed by atoms with Crippen LogP contribution >= 0.6 is 11.6 Å². The molecule has 162 valence electrons. The summed E-state index contributed by atoms with van der Waals surface area (Å²) in [7, 11) is 0. The molecule has 2 aromatic rings. The molecule has 0 amide bonds. The summed E-state index contributed by atoms with van der Waals surface area (Å²) < 4.78 is 58.1. The summed E-state index contributed by atoms with van der Waals surface area (Å²) in [5.41, 5.74) is -0.533. The summed E-state index contributed by atoms with van der Waals surface area (Å²) in [6.45, 7) is 1.02. The topological polar surface area (TPSA) is 44.7 Å². The van der Waals surface area contributed by atoms with Crippen LogP contribution in [-0.2, 0) is 12.6 Å². The van der Waals surface area contributed by atoms with E-state index in [0.717, 1.165) is 36.3 Å². The number of aliphatic hydroxyl groups excluding tert-OH is 1. The van der Waals surface area contributed by atoms with E-state index >= 15 is 0 Å². The highest BCUT2D eigenvalue weighted by molar-refractivity contribution is 6.32. The second-order valence-corrected chi connectivity index (χ2v) is 8.17. The lowest BCUT2D eigenvalue weighted by Crippen LogP contribution is -2.53. The molecule has 0 bridgehead atoms. The number of aliphatic hydroxyl groups is 1. The van der Waals surface area contributed by atoms with E-state index < -0.39 is 23.9 Å². The molecule has 2 aliphatic rings. The van der Waals surface area contributed by atoms with Crippen LogP contribution in [-0.4, -0.2) is 35.0 Å². The Balaban J connectivity index is 1.38. The predicted octanol–water partition coefficient (Wildman–Crippen LogP) is 5.05. The van der Waals surface area contributed by atoms with Crippen LogP contribution < -0.4 is 10.1 Å². The number of alkyl halides is 3. The third-order valence-corrected chi connectivity index (χ3v) is 6.14. The highest BCUT2D eigenvalue weighted by atomic mass is 35.5. The summed E-state index contributed by atoms with van der Waals surface area (Å²) in [6, 6.07) is 8.19. The largest absolute Gasteiger partial charge is 0.485 e. The van der Waals surface area contributed by atoms with Crippen LogP contribution in [0.25, 0.3) is 0 Å². The third kappa shape index (κ3) is 4.22. The fourth-order valence-corrected chi connectivity index (χ4v) is 4.33. The molecule has 9 heteroatoms. The summed E-state index contributed by atoms with van der Waals surface area (Å²) in [6.07, 6.45) is -2.87. The fourth-order valence-electron chi connectivity index (χ4n) is 4.10. The molecular weight excluding hydrogens is 424 g/mol. The van der Waals surface area contributed by atoms with Gasteiger partial charge in [-0.2, -0.15) is 13.2 Å². The molecule has 1 atom stereocenters. The van der Waals surface area contributed by atoms with Gasteiger partial charge in [-0.1, -0.05) is 23.7 Å². The number of nitrogens with one attached hydrogen (secondary N) is 1. The van der Waals surface area contributed by atoms with Crippen molar-refractivity contribution in [2.75, 3.05) is 18.4 Å². The Morgan fingerprint density at radius 2 is 1.87 bits per heavy atom. The van der Waals surface area contributed by atoms with Gasteiger partial charge in [0.05, 0.1) is 10.6 Å². The second-order valence-electron chi connectivity index (χ2n) is 7.76. The molecule has 4 rings (SSSR count). The Morgan fingerprint density at radius 1 is 1.13 bits per heavy atom. The van der Waals surface area contributed by atoms with E-state index in [2.05, 4.69) is 5.32 Å². The smallest absolute Gasteiger partial charge is 0.419 e. The summed E-state index contributed by atoms with van der Waals surface area (Å²) in [5, 5.41) is 13.7. The third-order valence-electron chi connectivity index (χ3n) is 5.84. The molecule has 2 aromatic carbocycles. The fraction of sp³-hybridized carbons (Fsp3) is 0.429. The van der Waals surface area contributed by atoms with Crippen molar-refractivity contribution in [2.45, 2.75) is 43.8 Å². The number of rotatable bonds is 3. The first-order valence-electron chi connectivity index (χ1n) is 9.69. The average molecular weight is 445 g/mol. The number of para-hydroxylation sites is 1. The first-order chi connectivity index (χ1) is 14.2. The van der Waals surface area contributed by atoms with Gasteiger partial charge in [-0.3, -0.25) is 4.90 Å². The number of aryl methyl sites for hydroxylation is 1. The maximum atomic E-state index is 13.7. The normalized spacial score (nSPS) is 19.8. The summed E-state index contributed by atoms with van der Waals surface area (Å²) in [4.78, 5) is 1.74. The number of fused-ring (bicyclic) bond motifs is 1. The molecule has 4 nitrogen and oxygen atoms in total. The molecule has 2 aliphatic heterocycles. The minimum Gasteiger partial charge on any atom is -0.485 e. The van der Waals surface area contributed by atoms with Gasteiger partial charge in [0.2, 0.25) is 0 Å². The maximum absolute atomic E-state index is 13.7. The van der Waals surface area contributed by atoms with Crippen LogP contribution in [0.2, 0.25) is 5.02 Å². The van der Waals surface area contributed by atoms with E-state index in [1.807, 2.05) is 12.1 Å². The molecule has 0 radical (unpaired) electrons. The summed E-state index contributed by atoms with van der Waals surface area (Å²) in [5.74, 6) is -0.666. The van der Waals surface area contributed by atoms with Gasteiger partial charge >= 0.3 is 6.18 Å². The highest BCUT2D eigenvalue weighted by Gasteiger charge is 2.41. The molecule has 0 aliphatic carbocycles. The molecular formula is C21H21ClF4N2O2. The zero-order chi connectivity index (χ0) is 21.5. The Kier molecular flexibility index (Phi) is 5.59. The molecule has 30 heavy (non-hydrogen) atoms. The average Bonchev–Trinajstić information content (AvgIpc) is 2.68. The standard InChI is InChI=1S/C21H21ClF4N2O2/c22-16-3-1-2-13-6-7-20(30-18(13)16)8-10-28(11-9-20)19(29)27-14-4-5-15(17(23)12-14)21(24,25)26/h1-5,12,19,27,29H,6-11H2. The van der Waals surface area contributed by atoms with Gasteiger partial charge in [-0.05, 0) is 42.7 Å². The molecule has 1 saturated heterocycles. The lowest BCUT2D eigenvalue weighted by Gasteiger charge is -2.45. The highest BCUT2D eigenvalue weighted by Crippen LogP contribution is 2.43. The van der Waals surface area contributed by atoms with Crippen molar-refractivity contribution >= 4 is 17.3 Å². The lowest BCUT2D eigenvalue weighted by atomic mass is 9.83. The molecule has 1 spiro atoms. The van der Waals surface area contributed by atoms with Crippen molar-refractivity contribution in [3.63, 3.8) is 0 Å². The molecule has 0 saturated carbocycles. The van der Waals surface area contributed by atoms with Gasteiger partial charge in [0, 0.05) is 31.6 Å². The minimum absolute atomic E-state index is 0.0721. The van der Waals surface area contributed by atoms with Crippen LogP contribution in [0.1, 0.15) is 30.4 Å². The monoisotopic (exact) mass is 444 g/mol. The molecule has 1 unspecified atom stereocenters. The van der Waals surface area contributed by atoms with Gasteiger partial charge in [0.15, 0.2) is 6.35 Å². The lowest BCUT2D eigenvalue weighted by molar-refractivity contribution is -0.139. The van der Waals surface area contributed by atoms with Crippen LogP contribution in [0.15, 0.2) is 36.4 Å². The van der Waals surface area contributed by atoms with Crippen LogP contribution in [0.4, 0.5) is 23.2 Å². The van der Waals surface area contributed by atoms with Crippen LogP contribution in [0.3, 0.4) is 0 Å². The second kappa shape index (κ2) is 7.90. The van der Waals surface area contributed by atoms with Gasteiger partial charge in [0.1, 0.15) is 17.2 Å². The summed E-state index contributed by atoms with van der Waals surface area (Å²) >= 11 is 6.28. The van der Waals surface area contributed by atoms with Crippen LogP contribution in [0, 0.1) is 5.82 Å². The Bertz CT molecular complexity index is 930. The van der Waals surface area contributed by atoms with Crippen molar-refractivity contribution in [1.82, 2.24) is 4.90 Å². The van der Waals surface area contributed by atoms with E-state index in [1.54, 1.807) is 11.0 Å². The number of ether oxygens (including phenoxy) is 1. The van der Waals surface area contributed by atoms with E-state index in [9.17, 15) is 22.7 Å². The molecule has 2 heterocycles. The van der Waals surface area contributed by atoms with E-state index in [4.69, 9.17) is 16.3 Å². The number of likely N-dealkylation sites (tertiary alicyclic amines) is 1. The van der Waals surface area contributed by atoms with E-state index in [1.165, 1.54) is 0 Å². The Morgan fingerprint density at radius 3 is 2.53 bits per heavy atom. The van der Waals surface area contributed by atoms with Crippen molar-refractivity contribution in [1.29, 1.82) is 0 Å². The first kappa shape index (κ1) is 21.2. The van der Waals surface area contributed by atoms with Crippen molar-refractivity contribution in [3.05, 3.63) is 58.4 Å². The van der Waals surface area contributed by atoms with Gasteiger partial charge in [-0.15, -0.1) is 0 Å². The molecule has 1 fully saturated rings. The quantitative estimate of drug-likeness (QED) is 0.514. The van der Waals surface area contributed by atoms with Crippen molar-refractivity contribution < 1.29 is 27.4 Å². The van der Waals surface area contributed by atoms with E-state index in [0.29, 0.717) is 37.0 Å². The Hall–Kier alpha value is -2.03. The van der Waals surface area contributed by atoms with Crippen molar-refractivity contribution in [2.24, 2.45) is 0 Å².